The van der Waals surface area contributed by atoms with Gasteiger partial charge in [-0.05, 0) is 82.2 Å². The number of hydrogen-bond donors (Lipinski definition) is 1. The lowest BCUT2D eigenvalue weighted by molar-refractivity contribution is -0.116. The first-order valence-electron chi connectivity index (χ1n) is 11.5. The molecule has 1 heterocycles. The Morgan fingerprint density at radius 1 is 1.21 bits per heavy atom. The average Bonchev–Trinajstić information content (AvgIpc) is 3.02. The molecule has 2 aliphatic rings. The predicted octanol–water partition coefficient (Wildman–Crippen LogP) is 4.69. The molecule has 8 heteroatoms. The van der Waals surface area contributed by atoms with E-state index in [2.05, 4.69) is 17.2 Å². The molecule has 1 aliphatic heterocycles. The van der Waals surface area contributed by atoms with E-state index in [0.717, 1.165) is 22.3 Å². The number of aryl methyl sites for hydroxylation is 2. The lowest BCUT2D eigenvalue weighted by atomic mass is 9.75. The minimum atomic E-state index is -2.52. The highest BCUT2D eigenvalue weighted by Gasteiger charge is 2.48. The van der Waals surface area contributed by atoms with Gasteiger partial charge in [-0.15, -0.1) is 5.92 Å². The van der Waals surface area contributed by atoms with Crippen molar-refractivity contribution in [2.24, 2.45) is 0 Å². The Bertz CT molecular complexity index is 1010. The fraction of sp³-hybridized carbons (Fsp3) is 0.538. The Hall–Kier alpha value is -2.92. The van der Waals surface area contributed by atoms with Gasteiger partial charge in [0.15, 0.2) is 0 Å². The molecule has 0 bridgehead atoms. The Morgan fingerprint density at radius 2 is 1.85 bits per heavy atom. The van der Waals surface area contributed by atoms with Gasteiger partial charge < -0.3 is 19.5 Å². The van der Waals surface area contributed by atoms with E-state index in [0.29, 0.717) is 36.8 Å². The van der Waals surface area contributed by atoms with Crippen molar-refractivity contribution >= 4 is 17.6 Å². The van der Waals surface area contributed by atoms with Crippen LogP contribution in [0.5, 0.6) is 0 Å². The largest absolute Gasteiger partial charge is 0.508 e. The van der Waals surface area contributed by atoms with Crippen LogP contribution in [0.25, 0.3) is 5.57 Å². The molecule has 1 spiro atoms. The molecule has 1 aliphatic carbocycles. The second kappa shape index (κ2) is 11.0. The van der Waals surface area contributed by atoms with Gasteiger partial charge >= 0.3 is 6.16 Å². The number of carbonyl (C=O) groups excluding carboxylic acids is 2. The lowest BCUT2D eigenvalue weighted by Crippen LogP contribution is -2.49. The quantitative estimate of drug-likeness (QED) is 0.457. The number of benzene rings is 1. The third-order valence-corrected chi connectivity index (χ3v) is 6.35. The van der Waals surface area contributed by atoms with Crippen LogP contribution >= 0.6 is 0 Å². The molecule has 184 valence electrons. The van der Waals surface area contributed by atoms with E-state index in [1.165, 1.54) is 0 Å². The Kier molecular flexibility index (Phi) is 8.32. The fourth-order valence-electron chi connectivity index (χ4n) is 4.96. The van der Waals surface area contributed by atoms with Crippen LogP contribution in [0.3, 0.4) is 0 Å². The Balaban J connectivity index is 1.99. The van der Waals surface area contributed by atoms with E-state index in [1.807, 2.05) is 26.0 Å². The number of carbonyl (C=O) groups is 2. The number of rotatable bonds is 7. The van der Waals surface area contributed by atoms with E-state index in [9.17, 15) is 18.4 Å². The van der Waals surface area contributed by atoms with Crippen molar-refractivity contribution in [2.75, 3.05) is 19.8 Å². The number of alkyl halides is 2. The second-order valence-electron chi connectivity index (χ2n) is 8.65. The van der Waals surface area contributed by atoms with Gasteiger partial charge in [-0.3, -0.25) is 4.79 Å². The van der Waals surface area contributed by atoms with E-state index in [4.69, 9.17) is 14.2 Å². The van der Waals surface area contributed by atoms with Gasteiger partial charge in [0.05, 0.1) is 23.8 Å². The van der Waals surface area contributed by atoms with Crippen molar-refractivity contribution < 1.29 is 32.6 Å². The summed E-state index contributed by atoms with van der Waals surface area (Å²) >= 11 is 0. The zero-order valence-electron chi connectivity index (χ0n) is 20.1. The van der Waals surface area contributed by atoms with Crippen molar-refractivity contribution in [3.8, 4) is 11.8 Å². The zero-order valence-corrected chi connectivity index (χ0v) is 20.1. The van der Waals surface area contributed by atoms with Crippen LogP contribution in [0.4, 0.5) is 13.6 Å². The molecular weight excluding hydrogens is 444 g/mol. The third kappa shape index (κ3) is 5.58. The minimum Gasteiger partial charge on any atom is -0.435 e. The third-order valence-electron chi connectivity index (χ3n) is 6.35. The first-order valence-corrected chi connectivity index (χ1v) is 11.5. The van der Waals surface area contributed by atoms with Crippen LogP contribution in [0.2, 0.25) is 0 Å². The summed E-state index contributed by atoms with van der Waals surface area (Å²) in [6.45, 7) is 6.76. The molecular formula is C26H31F2NO5. The van der Waals surface area contributed by atoms with Crippen LogP contribution < -0.4 is 5.32 Å². The topological polar surface area (TPSA) is 73.9 Å². The standard InChI is InChI=1S/C26H31F2NO5/c1-5-7-18-12-16(3)22(17(4)13-18)23-20(14-34-25(31)32-6-2)26(29-24(23)30)10-8-19(9-11-26)33-15-21(27)28/h12-13,19,21H,6,8-11,14-15H2,1-4H3,(H,29,30). The highest BCUT2D eigenvalue weighted by atomic mass is 19.3. The monoisotopic (exact) mass is 475 g/mol. The maximum atomic E-state index is 13.3. The Labute approximate surface area is 199 Å². The molecule has 1 N–H and O–H groups in total. The molecule has 0 atom stereocenters. The molecule has 1 saturated carbocycles. The van der Waals surface area contributed by atoms with Crippen molar-refractivity contribution in [3.63, 3.8) is 0 Å². The highest BCUT2D eigenvalue weighted by Crippen LogP contribution is 2.44. The van der Waals surface area contributed by atoms with Gasteiger partial charge in [0.25, 0.3) is 12.3 Å². The number of hydrogen-bond acceptors (Lipinski definition) is 5. The SMILES string of the molecule is CC#Cc1cc(C)c(C2=C(COC(=O)OCC)C3(CCC(OCC(F)F)CC3)NC2=O)c(C)c1. The van der Waals surface area contributed by atoms with Gasteiger partial charge in [-0.2, -0.15) is 0 Å². The summed E-state index contributed by atoms with van der Waals surface area (Å²) in [5, 5.41) is 3.13. The number of halogens is 2. The summed E-state index contributed by atoms with van der Waals surface area (Å²) in [7, 11) is 0. The molecule has 1 aromatic carbocycles. The van der Waals surface area contributed by atoms with Gasteiger partial charge in [-0.25, -0.2) is 13.6 Å². The molecule has 3 rings (SSSR count). The molecule has 1 amide bonds. The van der Waals surface area contributed by atoms with Crippen LogP contribution in [0, 0.1) is 25.7 Å². The molecule has 0 radical (unpaired) electrons. The van der Waals surface area contributed by atoms with Crippen molar-refractivity contribution in [1.82, 2.24) is 5.32 Å². The summed E-state index contributed by atoms with van der Waals surface area (Å²) < 4.78 is 40.8. The molecule has 0 unspecified atom stereocenters. The van der Waals surface area contributed by atoms with E-state index in [1.54, 1.807) is 13.8 Å². The molecule has 6 nitrogen and oxygen atoms in total. The highest BCUT2D eigenvalue weighted by molar-refractivity contribution is 6.24. The van der Waals surface area contributed by atoms with Crippen LogP contribution in [-0.2, 0) is 19.0 Å². The zero-order chi connectivity index (χ0) is 24.9. The van der Waals surface area contributed by atoms with Gasteiger partial charge in [0, 0.05) is 11.1 Å². The fourth-order valence-corrected chi connectivity index (χ4v) is 4.96. The predicted molar refractivity (Wildman–Crippen MR) is 123 cm³/mol. The normalized spacial score (nSPS) is 22.0. The first kappa shape index (κ1) is 25.7. The van der Waals surface area contributed by atoms with Crippen molar-refractivity contribution in [1.29, 1.82) is 0 Å². The van der Waals surface area contributed by atoms with E-state index < -0.39 is 24.7 Å². The van der Waals surface area contributed by atoms with Gasteiger partial charge in [0.2, 0.25) is 0 Å². The molecule has 1 fully saturated rings. The van der Waals surface area contributed by atoms with Crippen LogP contribution in [0.15, 0.2) is 17.7 Å². The summed E-state index contributed by atoms with van der Waals surface area (Å²) in [6, 6.07) is 3.87. The lowest BCUT2D eigenvalue weighted by Gasteiger charge is -2.39. The smallest absolute Gasteiger partial charge is 0.435 e. The molecule has 0 aromatic heterocycles. The number of ether oxygens (including phenoxy) is 3. The first-order chi connectivity index (χ1) is 16.2. The van der Waals surface area contributed by atoms with Crippen LogP contribution in [-0.4, -0.2) is 50.0 Å². The summed E-state index contributed by atoms with van der Waals surface area (Å²) in [4.78, 5) is 25.3. The number of amides is 1. The maximum absolute atomic E-state index is 13.3. The Morgan fingerprint density at radius 3 is 2.41 bits per heavy atom. The summed E-state index contributed by atoms with van der Waals surface area (Å²) in [5.41, 5.74) is 3.86. The second-order valence-corrected chi connectivity index (χ2v) is 8.65. The molecule has 1 aromatic rings. The van der Waals surface area contributed by atoms with Crippen molar-refractivity contribution in [2.45, 2.75) is 71.4 Å². The molecule has 0 saturated heterocycles. The average molecular weight is 476 g/mol. The van der Waals surface area contributed by atoms with E-state index in [-0.39, 0.29) is 25.2 Å². The summed E-state index contributed by atoms with van der Waals surface area (Å²) in [5.74, 6) is 5.69. The molecule has 34 heavy (non-hydrogen) atoms. The van der Waals surface area contributed by atoms with Crippen molar-refractivity contribution in [3.05, 3.63) is 40.0 Å². The number of nitrogens with one attached hydrogen (secondary N) is 1. The van der Waals surface area contributed by atoms with Gasteiger partial charge in [-0.1, -0.05) is 5.92 Å². The van der Waals surface area contributed by atoms with E-state index >= 15 is 0 Å². The van der Waals surface area contributed by atoms with Gasteiger partial charge in [0.1, 0.15) is 13.2 Å². The minimum absolute atomic E-state index is 0.106. The maximum Gasteiger partial charge on any atom is 0.508 e. The van der Waals surface area contributed by atoms with Crippen LogP contribution in [0.1, 0.15) is 61.8 Å². The summed E-state index contributed by atoms with van der Waals surface area (Å²) in [6.07, 6.45) is -1.63.